The van der Waals surface area contributed by atoms with E-state index in [1.807, 2.05) is 6.92 Å². The Hall–Kier alpha value is -3.40. The molecule has 25 heavy (non-hydrogen) atoms. The summed E-state index contributed by atoms with van der Waals surface area (Å²) in [6.07, 6.45) is 1.40. The van der Waals surface area contributed by atoms with Crippen LogP contribution in [0.3, 0.4) is 0 Å². The molecule has 0 aliphatic heterocycles. The maximum atomic E-state index is 13.8. The van der Waals surface area contributed by atoms with Crippen molar-refractivity contribution in [2.24, 2.45) is 5.10 Å². The lowest BCUT2D eigenvalue weighted by Gasteiger charge is -2.09. The summed E-state index contributed by atoms with van der Waals surface area (Å²) in [6, 6.07) is 10.6. The van der Waals surface area contributed by atoms with Gasteiger partial charge in [0.25, 0.3) is 5.91 Å². The van der Waals surface area contributed by atoms with Crippen LogP contribution < -0.4 is 14.9 Å². The quantitative estimate of drug-likeness (QED) is 0.647. The number of carbonyl (C=O) groups is 1. The van der Waals surface area contributed by atoms with Crippen molar-refractivity contribution in [3.05, 3.63) is 58.9 Å². The second-order valence-electron chi connectivity index (χ2n) is 4.85. The van der Waals surface area contributed by atoms with E-state index in [-0.39, 0.29) is 11.1 Å². The number of carbonyl (C=O) groups excluding carboxylic acids is 1. The van der Waals surface area contributed by atoms with Crippen molar-refractivity contribution in [3.63, 3.8) is 0 Å². The summed E-state index contributed by atoms with van der Waals surface area (Å²) in [6.45, 7) is 2.33. The highest BCUT2D eigenvalue weighted by atomic mass is 19.1. The second kappa shape index (κ2) is 8.45. The Kier molecular flexibility index (Phi) is 6.07. The minimum absolute atomic E-state index is 0.138. The van der Waals surface area contributed by atoms with Crippen LogP contribution in [0, 0.1) is 17.1 Å². The van der Waals surface area contributed by atoms with Crippen molar-refractivity contribution < 1.29 is 18.7 Å². The van der Waals surface area contributed by atoms with E-state index in [1.165, 1.54) is 25.5 Å². The molecule has 128 valence electrons. The molecule has 0 aromatic heterocycles. The monoisotopic (exact) mass is 341 g/mol. The van der Waals surface area contributed by atoms with Gasteiger partial charge >= 0.3 is 0 Å². The molecule has 1 amide bonds. The molecule has 0 saturated heterocycles. The largest absolute Gasteiger partial charge is 0.493 e. The third-order valence-corrected chi connectivity index (χ3v) is 3.21. The van der Waals surface area contributed by atoms with Gasteiger partial charge in [0.05, 0.1) is 37.1 Å². The SMILES string of the molecule is CCOc1cc(/C=N\NC(=O)c2ccc(C#N)cc2F)ccc1OC. The van der Waals surface area contributed by atoms with Crippen LogP contribution in [0.1, 0.15) is 28.4 Å². The lowest BCUT2D eigenvalue weighted by molar-refractivity contribution is 0.0951. The third kappa shape index (κ3) is 4.54. The zero-order valence-electron chi connectivity index (χ0n) is 13.7. The van der Waals surface area contributed by atoms with Crippen molar-refractivity contribution in [1.82, 2.24) is 5.43 Å². The number of rotatable bonds is 6. The van der Waals surface area contributed by atoms with E-state index in [2.05, 4.69) is 10.5 Å². The van der Waals surface area contributed by atoms with Crippen LogP contribution in [0.2, 0.25) is 0 Å². The van der Waals surface area contributed by atoms with E-state index in [1.54, 1.807) is 24.3 Å². The maximum absolute atomic E-state index is 13.8. The standard InChI is InChI=1S/C18H16FN3O3/c1-3-25-17-9-13(5-7-16(17)24-2)11-21-22-18(23)14-6-4-12(10-20)8-15(14)19/h4-9,11H,3H2,1-2H3,(H,22,23)/b21-11-. The van der Waals surface area contributed by atoms with Crippen LogP contribution in [0.5, 0.6) is 11.5 Å². The van der Waals surface area contributed by atoms with Gasteiger partial charge in [0, 0.05) is 0 Å². The molecular formula is C18H16FN3O3. The topological polar surface area (TPSA) is 83.7 Å². The Bertz CT molecular complexity index is 844. The van der Waals surface area contributed by atoms with E-state index in [0.717, 1.165) is 6.07 Å². The number of hydrogen-bond acceptors (Lipinski definition) is 5. The van der Waals surface area contributed by atoms with Crippen LogP contribution in [0.15, 0.2) is 41.5 Å². The van der Waals surface area contributed by atoms with Gasteiger partial charge < -0.3 is 9.47 Å². The van der Waals surface area contributed by atoms with E-state index >= 15 is 0 Å². The Morgan fingerprint density at radius 1 is 1.32 bits per heavy atom. The molecule has 0 fully saturated rings. The second-order valence-corrected chi connectivity index (χ2v) is 4.85. The first-order valence-corrected chi connectivity index (χ1v) is 7.43. The van der Waals surface area contributed by atoms with Gasteiger partial charge in [-0.3, -0.25) is 4.79 Å². The molecule has 0 aliphatic carbocycles. The molecule has 0 radical (unpaired) electrons. The Morgan fingerprint density at radius 2 is 2.12 bits per heavy atom. The van der Waals surface area contributed by atoms with Gasteiger partial charge in [-0.05, 0) is 48.9 Å². The van der Waals surface area contributed by atoms with E-state index < -0.39 is 11.7 Å². The van der Waals surface area contributed by atoms with Crippen molar-refractivity contribution in [2.75, 3.05) is 13.7 Å². The molecule has 0 aliphatic rings. The van der Waals surface area contributed by atoms with Crippen LogP contribution in [-0.2, 0) is 0 Å². The molecule has 0 spiro atoms. The summed E-state index contributed by atoms with van der Waals surface area (Å²) < 4.78 is 24.4. The van der Waals surface area contributed by atoms with Crippen LogP contribution in [-0.4, -0.2) is 25.8 Å². The zero-order chi connectivity index (χ0) is 18.2. The molecule has 0 atom stereocenters. The lowest BCUT2D eigenvalue weighted by atomic mass is 10.1. The normalized spacial score (nSPS) is 10.3. The number of amides is 1. The van der Waals surface area contributed by atoms with Crippen molar-refractivity contribution in [3.8, 4) is 17.6 Å². The molecular weight excluding hydrogens is 325 g/mol. The number of hydrogen-bond donors (Lipinski definition) is 1. The maximum Gasteiger partial charge on any atom is 0.274 e. The van der Waals surface area contributed by atoms with E-state index in [0.29, 0.717) is 23.7 Å². The van der Waals surface area contributed by atoms with Crippen LogP contribution in [0.25, 0.3) is 0 Å². The summed E-state index contributed by atoms with van der Waals surface area (Å²) in [4.78, 5) is 11.9. The first-order valence-electron chi connectivity index (χ1n) is 7.43. The fourth-order valence-electron chi connectivity index (χ4n) is 2.04. The third-order valence-electron chi connectivity index (χ3n) is 3.21. The van der Waals surface area contributed by atoms with E-state index in [4.69, 9.17) is 14.7 Å². The molecule has 6 nitrogen and oxygen atoms in total. The number of methoxy groups -OCH3 is 1. The molecule has 2 aromatic carbocycles. The molecule has 2 rings (SSSR count). The summed E-state index contributed by atoms with van der Waals surface area (Å²) in [5.41, 5.74) is 2.86. The van der Waals surface area contributed by atoms with Gasteiger partial charge in [0.1, 0.15) is 5.82 Å². The Labute approximate surface area is 144 Å². The van der Waals surface area contributed by atoms with Gasteiger partial charge in [-0.25, -0.2) is 9.82 Å². The van der Waals surface area contributed by atoms with Gasteiger partial charge in [-0.1, -0.05) is 0 Å². The number of hydrazone groups is 1. The number of benzene rings is 2. The molecule has 0 unspecified atom stereocenters. The summed E-state index contributed by atoms with van der Waals surface area (Å²) in [5, 5.41) is 12.5. The minimum atomic E-state index is -0.783. The van der Waals surface area contributed by atoms with Gasteiger partial charge in [0.2, 0.25) is 0 Å². The van der Waals surface area contributed by atoms with Crippen molar-refractivity contribution in [1.29, 1.82) is 5.26 Å². The highest BCUT2D eigenvalue weighted by molar-refractivity contribution is 5.95. The molecule has 0 bridgehead atoms. The predicted octanol–water partition coefficient (Wildman–Crippen LogP) is 2.87. The molecule has 1 N–H and O–H groups in total. The first kappa shape index (κ1) is 17.9. The highest BCUT2D eigenvalue weighted by Crippen LogP contribution is 2.27. The summed E-state index contributed by atoms with van der Waals surface area (Å²) >= 11 is 0. The van der Waals surface area contributed by atoms with Crippen LogP contribution in [0.4, 0.5) is 4.39 Å². The summed E-state index contributed by atoms with van der Waals surface area (Å²) in [5.74, 6) is -0.354. The number of nitrogens with one attached hydrogen (secondary N) is 1. The number of ether oxygens (including phenoxy) is 2. The smallest absolute Gasteiger partial charge is 0.274 e. The van der Waals surface area contributed by atoms with Gasteiger partial charge in [-0.15, -0.1) is 0 Å². The average Bonchev–Trinajstić information content (AvgIpc) is 2.62. The van der Waals surface area contributed by atoms with Gasteiger partial charge in [0.15, 0.2) is 11.5 Å². The zero-order valence-corrected chi connectivity index (χ0v) is 13.7. The fraction of sp³-hybridized carbons (Fsp3) is 0.167. The van der Waals surface area contributed by atoms with Crippen molar-refractivity contribution >= 4 is 12.1 Å². The highest BCUT2D eigenvalue weighted by Gasteiger charge is 2.11. The fourth-order valence-corrected chi connectivity index (χ4v) is 2.04. The Morgan fingerprint density at radius 3 is 2.76 bits per heavy atom. The molecule has 0 heterocycles. The Balaban J connectivity index is 2.09. The molecule has 7 heteroatoms. The number of nitriles is 1. The average molecular weight is 341 g/mol. The molecule has 2 aromatic rings. The van der Waals surface area contributed by atoms with Crippen molar-refractivity contribution in [2.45, 2.75) is 6.92 Å². The number of nitrogens with zero attached hydrogens (tertiary/aromatic N) is 2. The first-order chi connectivity index (χ1) is 12.1. The minimum Gasteiger partial charge on any atom is -0.493 e. The van der Waals surface area contributed by atoms with Crippen LogP contribution >= 0.6 is 0 Å². The summed E-state index contributed by atoms with van der Waals surface area (Å²) in [7, 11) is 1.54. The van der Waals surface area contributed by atoms with Gasteiger partial charge in [-0.2, -0.15) is 10.4 Å². The van der Waals surface area contributed by atoms with E-state index in [9.17, 15) is 9.18 Å². The predicted molar refractivity (Wildman–Crippen MR) is 90.3 cm³/mol. The number of halogens is 1. The lowest BCUT2D eigenvalue weighted by Crippen LogP contribution is -2.19. The molecule has 0 saturated carbocycles.